The van der Waals surface area contributed by atoms with Crippen LogP contribution in [0.1, 0.15) is 70.9 Å². The third-order valence-corrected chi connectivity index (χ3v) is 5.51. The van der Waals surface area contributed by atoms with E-state index < -0.39 is 36.3 Å². The van der Waals surface area contributed by atoms with E-state index in [0.717, 1.165) is 18.3 Å². The predicted octanol–water partition coefficient (Wildman–Crippen LogP) is 4.01. The number of carbonyl (C=O) groups is 4. The molecule has 0 fully saturated rings. The molecule has 0 aromatic heterocycles. The predicted molar refractivity (Wildman–Crippen MR) is 139 cm³/mol. The number of aliphatic hydroxyl groups is 1. The van der Waals surface area contributed by atoms with Gasteiger partial charge in [0.2, 0.25) is 0 Å². The number of nitrogens with zero attached hydrogens (tertiary/aromatic N) is 1. The van der Waals surface area contributed by atoms with Crippen molar-refractivity contribution in [2.24, 2.45) is 5.92 Å². The Hall–Kier alpha value is -2.94. The number of aryl methyl sites for hydroxylation is 2. The van der Waals surface area contributed by atoms with Crippen molar-refractivity contribution in [3.8, 4) is 0 Å². The molecular weight excluding hydrogens is 478 g/mol. The van der Waals surface area contributed by atoms with Gasteiger partial charge in [-0.1, -0.05) is 36.8 Å². The average molecular weight is 522 g/mol. The van der Waals surface area contributed by atoms with E-state index in [4.69, 9.17) is 14.2 Å². The number of ether oxygens (including phenoxy) is 3. The van der Waals surface area contributed by atoms with Gasteiger partial charge in [0.1, 0.15) is 18.5 Å². The fraction of sp³-hybridized carbons (Fsp3) is 0.643. The minimum Gasteiger partial charge on any atom is -0.461 e. The molecule has 0 aliphatic heterocycles. The number of benzene rings is 1. The Balaban J connectivity index is 2.42. The van der Waals surface area contributed by atoms with Crippen LogP contribution in [0.2, 0.25) is 0 Å². The Bertz CT molecular complexity index is 847. The lowest BCUT2D eigenvalue weighted by Crippen LogP contribution is -2.38. The zero-order valence-corrected chi connectivity index (χ0v) is 22.9. The third-order valence-electron chi connectivity index (χ3n) is 5.51. The summed E-state index contributed by atoms with van der Waals surface area (Å²) < 4.78 is 15.9. The quantitative estimate of drug-likeness (QED) is 0.150. The van der Waals surface area contributed by atoms with Crippen LogP contribution in [0.4, 0.5) is 4.79 Å². The number of rotatable bonds is 16. The maximum absolute atomic E-state index is 12.4. The number of amides is 1. The molecule has 0 aliphatic carbocycles. The van der Waals surface area contributed by atoms with Gasteiger partial charge in [0.15, 0.2) is 6.10 Å². The molecule has 9 nitrogen and oxygen atoms in total. The van der Waals surface area contributed by atoms with Crippen molar-refractivity contribution in [1.29, 1.82) is 0 Å². The second kappa shape index (κ2) is 16.7. The Labute approximate surface area is 220 Å². The van der Waals surface area contributed by atoms with Crippen LogP contribution in [0.5, 0.6) is 0 Å². The van der Waals surface area contributed by atoms with Crippen molar-refractivity contribution in [3.05, 3.63) is 35.4 Å². The van der Waals surface area contributed by atoms with Crippen molar-refractivity contribution < 1.29 is 38.5 Å². The molecule has 1 rings (SSSR count). The summed E-state index contributed by atoms with van der Waals surface area (Å²) in [6.07, 6.45) is 1.81. The minimum absolute atomic E-state index is 0.00434. The van der Waals surface area contributed by atoms with Crippen LogP contribution >= 0.6 is 0 Å². The summed E-state index contributed by atoms with van der Waals surface area (Å²) in [6, 6.07) is 8.13. The Morgan fingerprint density at radius 2 is 1.73 bits per heavy atom. The largest absolute Gasteiger partial charge is 0.461 e. The zero-order valence-electron chi connectivity index (χ0n) is 22.9. The van der Waals surface area contributed by atoms with Crippen LogP contribution in [0, 0.1) is 12.8 Å². The van der Waals surface area contributed by atoms with Crippen LogP contribution in [0.3, 0.4) is 0 Å². The zero-order chi connectivity index (χ0) is 27.8. The molecule has 0 saturated heterocycles. The lowest BCUT2D eigenvalue weighted by molar-refractivity contribution is -0.163. The summed E-state index contributed by atoms with van der Waals surface area (Å²) in [5.41, 5.74) is 1.65. The smallest absolute Gasteiger partial charge is 0.410 e. The van der Waals surface area contributed by atoms with Crippen LogP contribution in [0.25, 0.3) is 0 Å². The van der Waals surface area contributed by atoms with Crippen molar-refractivity contribution in [3.63, 3.8) is 0 Å². The maximum atomic E-state index is 12.4. The summed E-state index contributed by atoms with van der Waals surface area (Å²) in [4.78, 5) is 49.1. The monoisotopic (exact) mass is 521 g/mol. The van der Waals surface area contributed by atoms with Gasteiger partial charge in [0, 0.05) is 25.9 Å². The highest BCUT2D eigenvalue weighted by Gasteiger charge is 2.23. The molecule has 37 heavy (non-hydrogen) atoms. The van der Waals surface area contributed by atoms with Gasteiger partial charge >= 0.3 is 18.0 Å². The van der Waals surface area contributed by atoms with Crippen molar-refractivity contribution >= 4 is 24.3 Å². The highest BCUT2D eigenvalue weighted by molar-refractivity contribution is 5.72. The van der Waals surface area contributed by atoms with Crippen LogP contribution in [0.15, 0.2) is 24.3 Å². The van der Waals surface area contributed by atoms with E-state index in [1.165, 1.54) is 10.5 Å². The first-order valence-corrected chi connectivity index (χ1v) is 12.9. The number of esters is 2. The van der Waals surface area contributed by atoms with Crippen molar-refractivity contribution in [2.75, 3.05) is 26.3 Å². The Morgan fingerprint density at radius 1 is 1.08 bits per heavy atom. The standard InChI is InChI=1S/C28H43NO8/c1-21-10-13-23(14-11-21)15-12-22(2)26(33)35-20-24(19-31)36-25(32)9-8-17-29(16-6-7-18-30)27(34)37-28(3,4)5/h10-11,13-14,18,22,24,31H,6-9,12,15-17,19-20H2,1-5H3. The normalized spacial score (nSPS) is 12.8. The van der Waals surface area contributed by atoms with Crippen LogP contribution < -0.4 is 0 Å². The summed E-state index contributed by atoms with van der Waals surface area (Å²) in [5, 5.41) is 9.55. The van der Waals surface area contributed by atoms with Crippen LogP contribution in [-0.2, 0) is 35.0 Å². The molecule has 0 aliphatic rings. The van der Waals surface area contributed by atoms with E-state index in [2.05, 4.69) is 0 Å². The lowest BCUT2D eigenvalue weighted by atomic mass is 10.0. The number of hydrogen-bond acceptors (Lipinski definition) is 8. The number of aldehydes is 1. The highest BCUT2D eigenvalue weighted by Crippen LogP contribution is 2.14. The number of carbonyl (C=O) groups excluding carboxylic acids is 4. The first-order valence-electron chi connectivity index (χ1n) is 12.9. The fourth-order valence-corrected chi connectivity index (χ4v) is 3.34. The van der Waals surface area contributed by atoms with Gasteiger partial charge in [-0.3, -0.25) is 9.59 Å². The lowest BCUT2D eigenvalue weighted by Gasteiger charge is -2.27. The molecule has 0 radical (unpaired) electrons. The van der Waals surface area contributed by atoms with Gasteiger partial charge in [-0.05, 0) is 58.9 Å². The van der Waals surface area contributed by atoms with Crippen molar-refractivity contribution in [2.45, 2.75) is 84.8 Å². The molecular formula is C28H43NO8. The molecule has 0 spiro atoms. The molecule has 2 unspecified atom stereocenters. The van der Waals surface area contributed by atoms with Gasteiger partial charge in [0.05, 0.1) is 12.5 Å². The molecule has 2 atom stereocenters. The summed E-state index contributed by atoms with van der Waals surface area (Å²) in [6.45, 7) is 8.96. The Kier molecular flexibility index (Phi) is 14.5. The second-order valence-corrected chi connectivity index (χ2v) is 10.2. The van der Waals surface area contributed by atoms with E-state index in [-0.39, 0.29) is 25.5 Å². The summed E-state index contributed by atoms with van der Waals surface area (Å²) >= 11 is 0. The minimum atomic E-state index is -0.963. The van der Waals surface area contributed by atoms with E-state index in [9.17, 15) is 24.3 Å². The van der Waals surface area contributed by atoms with Gasteiger partial charge in [-0.25, -0.2) is 4.79 Å². The maximum Gasteiger partial charge on any atom is 0.410 e. The first-order chi connectivity index (χ1) is 17.4. The SMILES string of the molecule is Cc1ccc(CCC(C)C(=O)OCC(CO)OC(=O)CCCN(CCCC=O)C(=O)OC(C)(C)C)cc1. The van der Waals surface area contributed by atoms with Crippen LogP contribution in [-0.4, -0.2) is 72.3 Å². The number of unbranched alkanes of at least 4 members (excludes halogenated alkanes) is 1. The molecule has 208 valence electrons. The number of hydrogen-bond donors (Lipinski definition) is 1. The van der Waals surface area contributed by atoms with Gasteiger partial charge in [0.25, 0.3) is 0 Å². The van der Waals surface area contributed by atoms with E-state index in [0.29, 0.717) is 32.2 Å². The van der Waals surface area contributed by atoms with E-state index in [1.807, 2.05) is 31.2 Å². The third kappa shape index (κ3) is 14.4. The molecule has 0 heterocycles. The highest BCUT2D eigenvalue weighted by atomic mass is 16.6. The molecule has 1 amide bonds. The fourth-order valence-electron chi connectivity index (χ4n) is 3.34. The molecule has 0 saturated carbocycles. The number of aliphatic hydroxyl groups excluding tert-OH is 1. The van der Waals surface area contributed by atoms with E-state index in [1.54, 1.807) is 27.7 Å². The Morgan fingerprint density at radius 3 is 2.32 bits per heavy atom. The molecule has 9 heteroatoms. The topological polar surface area (TPSA) is 119 Å². The first kappa shape index (κ1) is 32.1. The summed E-state index contributed by atoms with van der Waals surface area (Å²) in [7, 11) is 0. The average Bonchev–Trinajstić information content (AvgIpc) is 2.83. The molecule has 1 aromatic rings. The van der Waals surface area contributed by atoms with Gasteiger partial charge in [-0.15, -0.1) is 0 Å². The second-order valence-electron chi connectivity index (χ2n) is 10.2. The molecule has 1 aromatic carbocycles. The molecule has 0 bridgehead atoms. The van der Waals surface area contributed by atoms with Crippen molar-refractivity contribution in [1.82, 2.24) is 4.90 Å². The molecule has 1 N–H and O–H groups in total. The van der Waals surface area contributed by atoms with Gasteiger partial charge < -0.3 is 29.0 Å². The van der Waals surface area contributed by atoms with E-state index >= 15 is 0 Å². The summed E-state index contributed by atoms with van der Waals surface area (Å²) in [5.74, 6) is -1.32. The van der Waals surface area contributed by atoms with Gasteiger partial charge in [-0.2, -0.15) is 0 Å².